The summed E-state index contributed by atoms with van der Waals surface area (Å²) in [7, 11) is 0. The second kappa shape index (κ2) is 10.3. The molecule has 38 heavy (non-hydrogen) atoms. The highest BCUT2D eigenvalue weighted by Gasteiger charge is 2.77. The summed E-state index contributed by atoms with van der Waals surface area (Å²) in [5.74, 6) is -1.30. The molecule has 0 aromatic heterocycles. The molecule has 8 atom stereocenters. The number of esters is 1. The van der Waals surface area contributed by atoms with Gasteiger partial charge in [0.1, 0.15) is 6.10 Å². The van der Waals surface area contributed by atoms with Crippen molar-refractivity contribution >= 4 is 11.8 Å². The molecule has 4 aliphatic carbocycles. The predicted molar refractivity (Wildman–Crippen MR) is 153 cm³/mol. The smallest absolute Gasteiger partial charge is 0.334 e. The van der Waals surface area contributed by atoms with Crippen molar-refractivity contribution in [3.8, 4) is 0 Å². The number of hydrogen-bond donors (Lipinski definition) is 1. The van der Waals surface area contributed by atoms with Crippen LogP contribution in [-0.4, -0.2) is 47.1 Å². The van der Waals surface area contributed by atoms with Gasteiger partial charge in [0.25, 0.3) is 0 Å². The third kappa shape index (κ3) is 4.17. The summed E-state index contributed by atoms with van der Waals surface area (Å²) in [5, 5.41) is 12.9. The second-order valence-corrected chi connectivity index (χ2v) is 12.2. The van der Waals surface area contributed by atoms with Gasteiger partial charge in [-0.1, -0.05) is 68.7 Å². The Morgan fingerprint density at radius 1 is 1.16 bits per heavy atom. The molecule has 5 aliphatic rings. The molecule has 5 rings (SSSR count). The summed E-state index contributed by atoms with van der Waals surface area (Å²) >= 11 is 0. The summed E-state index contributed by atoms with van der Waals surface area (Å²) < 4.78 is 18.4. The van der Waals surface area contributed by atoms with Crippen molar-refractivity contribution in [2.45, 2.75) is 115 Å². The lowest BCUT2D eigenvalue weighted by atomic mass is 9.59. The lowest BCUT2D eigenvalue weighted by Crippen LogP contribution is -2.68. The first-order valence-corrected chi connectivity index (χ1v) is 12.5. The van der Waals surface area contributed by atoms with Crippen LogP contribution in [0.3, 0.4) is 0 Å². The zero-order valence-corrected chi connectivity index (χ0v) is 21.6. The van der Waals surface area contributed by atoms with Gasteiger partial charge in [0.15, 0.2) is 23.3 Å². The molecule has 2 saturated carbocycles. The van der Waals surface area contributed by atoms with E-state index in [2.05, 4.69) is 20.8 Å². The lowest BCUT2D eigenvalue weighted by molar-refractivity contribution is -0.303. The van der Waals surface area contributed by atoms with Crippen molar-refractivity contribution in [1.29, 1.82) is 0 Å². The minimum Gasteiger partial charge on any atom is -0.451 e. The summed E-state index contributed by atoms with van der Waals surface area (Å²) in [6.45, 7) is 15.8. The van der Waals surface area contributed by atoms with Gasteiger partial charge in [-0.05, 0) is 75.4 Å². The van der Waals surface area contributed by atoms with Crippen molar-refractivity contribution in [1.82, 2.24) is 0 Å². The number of Topliss-reactive ketones (excluding diaryl/α,β-unsaturated/α-hetero) is 1. The van der Waals surface area contributed by atoms with E-state index in [1.165, 1.54) is 0 Å². The average molecular weight is 535 g/mol. The average Bonchev–Trinajstić information content (AvgIpc) is 3.25. The molecule has 0 aromatic rings. The molecule has 1 heterocycles. The van der Waals surface area contributed by atoms with Crippen LogP contribution in [0.4, 0.5) is 0 Å². The Kier molecular flexibility index (Phi) is 9.32. The van der Waals surface area contributed by atoms with Gasteiger partial charge in [-0.25, -0.2) is 4.79 Å². The van der Waals surface area contributed by atoms with E-state index in [1.807, 2.05) is 32.9 Å². The number of aliphatic hydroxyl groups is 1. The Bertz CT molecular complexity index is 1050. The minimum absolute atomic E-state index is 0. The molecular weight excluding hydrogens is 480 g/mol. The number of allylic oxidation sites excluding steroid dienone is 2. The molecule has 0 radical (unpaired) electrons. The van der Waals surface area contributed by atoms with E-state index in [4.69, 9.17) is 14.2 Å². The zero-order valence-electron chi connectivity index (χ0n) is 21.6. The maximum atomic E-state index is 14.6. The maximum Gasteiger partial charge on any atom is 0.334 e. The molecule has 1 N–H and O–H groups in total. The van der Waals surface area contributed by atoms with Crippen LogP contribution in [0, 0.1) is 34.5 Å². The lowest BCUT2D eigenvalue weighted by Gasteiger charge is -2.52. The van der Waals surface area contributed by atoms with Gasteiger partial charge in [-0.15, -0.1) is 0 Å². The first kappa shape index (κ1) is 34.3. The van der Waals surface area contributed by atoms with E-state index in [9.17, 15) is 14.7 Å². The molecule has 0 amide bonds. The SMILES string of the molecule is C.C.C.C.C/C=C(\C)C(=O)O[C@H]1C(C)=C[C@]23C(=O)[C@@H](C=C4COC(C)(C)O[C@H]4[C@]12O)[C@H]1[C@@H](C[C@H]3C)C1(C)C. The molecule has 1 aliphatic heterocycles. The molecule has 1 spiro atoms. The fourth-order valence-corrected chi connectivity index (χ4v) is 7.62. The van der Waals surface area contributed by atoms with Crippen LogP contribution in [0.25, 0.3) is 0 Å². The van der Waals surface area contributed by atoms with Crippen LogP contribution in [0.5, 0.6) is 0 Å². The second-order valence-electron chi connectivity index (χ2n) is 12.2. The highest BCUT2D eigenvalue weighted by atomic mass is 16.7. The van der Waals surface area contributed by atoms with E-state index in [1.54, 1.807) is 19.9 Å². The van der Waals surface area contributed by atoms with Crippen molar-refractivity contribution in [2.75, 3.05) is 6.61 Å². The molecule has 2 bridgehead atoms. The van der Waals surface area contributed by atoms with Gasteiger partial charge < -0.3 is 19.3 Å². The van der Waals surface area contributed by atoms with Crippen molar-refractivity contribution in [3.63, 3.8) is 0 Å². The summed E-state index contributed by atoms with van der Waals surface area (Å²) in [5.41, 5.74) is -0.994. The van der Waals surface area contributed by atoms with Gasteiger partial charge in [0.2, 0.25) is 0 Å². The Labute approximate surface area is 231 Å². The van der Waals surface area contributed by atoms with Crippen LogP contribution in [0.2, 0.25) is 0 Å². The third-order valence-electron chi connectivity index (χ3n) is 9.65. The monoisotopic (exact) mass is 534 g/mol. The van der Waals surface area contributed by atoms with Crippen LogP contribution in [0.15, 0.2) is 34.9 Å². The number of fused-ring (bicyclic) bond motifs is 5. The fraction of sp³-hybridized carbons (Fsp3) is 0.750. The van der Waals surface area contributed by atoms with Gasteiger partial charge in [0, 0.05) is 11.5 Å². The fourth-order valence-electron chi connectivity index (χ4n) is 7.62. The summed E-state index contributed by atoms with van der Waals surface area (Å²) in [6, 6.07) is 0. The topological polar surface area (TPSA) is 82.1 Å². The molecule has 0 aromatic carbocycles. The molecule has 218 valence electrons. The van der Waals surface area contributed by atoms with Crippen LogP contribution < -0.4 is 0 Å². The summed E-state index contributed by atoms with van der Waals surface area (Å²) in [4.78, 5) is 27.5. The van der Waals surface area contributed by atoms with Gasteiger partial charge in [0.05, 0.1) is 12.0 Å². The number of ether oxygens (including phenoxy) is 3. The molecule has 6 nitrogen and oxygen atoms in total. The number of rotatable bonds is 2. The van der Waals surface area contributed by atoms with Gasteiger partial charge in [-0.3, -0.25) is 4.79 Å². The van der Waals surface area contributed by atoms with Gasteiger partial charge >= 0.3 is 5.97 Å². The first-order chi connectivity index (χ1) is 15.7. The van der Waals surface area contributed by atoms with E-state index in [-0.39, 0.29) is 65.3 Å². The van der Waals surface area contributed by atoms with E-state index in [0.29, 0.717) is 17.1 Å². The number of hydrogen-bond acceptors (Lipinski definition) is 6. The molecule has 3 fully saturated rings. The van der Waals surface area contributed by atoms with Crippen LogP contribution >= 0.6 is 0 Å². The molecule has 6 heteroatoms. The van der Waals surface area contributed by atoms with E-state index < -0.39 is 35.0 Å². The normalized spacial score (nSPS) is 41.3. The van der Waals surface area contributed by atoms with Gasteiger partial charge in [-0.2, -0.15) is 0 Å². The van der Waals surface area contributed by atoms with Crippen molar-refractivity contribution in [2.24, 2.45) is 34.5 Å². The summed E-state index contributed by atoms with van der Waals surface area (Å²) in [6.07, 6.45) is 4.62. The standard InChI is InChI=1S/C28H38O6.4CH4/c1-9-14(2)24(30)33-22-15(3)12-27-16(4)10-19-20(25(19,5)6)18(21(27)29)11-17-13-32-26(7,8)34-23(17)28(22,27)31;;;;/h9,11-12,16,18-20,22-23,31H,10,13H2,1-8H3;4*1H4/b14-9+;;;;/t16-,18+,19-,20+,22+,23-,27+,28-;;;;/m1..../s1. The zero-order chi connectivity index (χ0) is 25.0. The minimum atomic E-state index is -1.76. The number of ketones is 1. The van der Waals surface area contributed by atoms with E-state index >= 15 is 0 Å². The molecular formula is C32H54O6. The van der Waals surface area contributed by atoms with Crippen molar-refractivity contribution < 1.29 is 28.9 Å². The highest BCUT2D eigenvalue weighted by Crippen LogP contribution is 2.72. The van der Waals surface area contributed by atoms with Crippen molar-refractivity contribution in [3.05, 3.63) is 34.9 Å². The largest absolute Gasteiger partial charge is 0.451 e. The molecule has 1 saturated heterocycles. The first-order valence-electron chi connectivity index (χ1n) is 12.5. The number of carbonyl (C=O) groups excluding carboxylic acids is 2. The van der Waals surface area contributed by atoms with Crippen LogP contribution in [-0.2, 0) is 23.8 Å². The Morgan fingerprint density at radius 3 is 2.34 bits per heavy atom. The van der Waals surface area contributed by atoms with E-state index in [0.717, 1.165) is 12.0 Å². The molecule has 0 unspecified atom stereocenters. The Morgan fingerprint density at radius 2 is 1.76 bits per heavy atom. The third-order valence-corrected chi connectivity index (χ3v) is 9.65. The predicted octanol–water partition coefficient (Wildman–Crippen LogP) is 6.68. The van der Waals surface area contributed by atoms with Crippen LogP contribution in [0.1, 0.15) is 91.5 Å². The Balaban J connectivity index is 0.00000180. The highest BCUT2D eigenvalue weighted by molar-refractivity contribution is 5.96. The maximum absolute atomic E-state index is 14.6. The quantitative estimate of drug-likeness (QED) is 0.242. The number of carbonyl (C=O) groups is 2. The Hall–Kier alpha value is -1.76.